The highest BCUT2D eigenvalue weighted by molar-refractivity contribution is 5.96. The first kappa shape index (κ1) is 16.5. The number of carbonyl (C=O) groups excluding carboxylic acids is 1. The van der Waals surface area contributed by atoms with E-state index < -0.39 is 0 Å². The van der Waals surface area contributed by atoms with Crippen LogP contribution in [0.5, 0.6) is 17.2 Å². The van der Waals surface area contributed by atoms with Crippen LogP contribution in [-0.4, -0.2) is 62.3 Å². The third kappa shape index (κ3) is 3.12. The molecular weight excluding hydrogens is 334 g/mol. The summed E-state index contributed by atoms with van der Waals surface area (Å²) in [7, 11) is 1.56. The Hall–Kier alpha value is -2.96. The number of ether oxygens (including phenoxy) is 3. The Labute approximate surface area is 152 Å². The minimum Gasteiger partial charge on any atom is -0.493 e. The van der Waals surface area contributed by atoms with E-state index in [-0.39, 0.29) is 5.91 Å². The van der Waals surface area contributed by atoms with Gasteiger partial charge >= 0.3 is 0 Å². The van der Waals surface area contributed by atoms with Crippen molar-refractivity contribution in [2.75, 3.05) is 51.4 Å². The van der Waals surface area contributed by atoms with E-state index in [0.717, 1.165) is 18.8 Å². The number of methoxy groups -OCH3 is 1. The predicted molar refractivity (Wildman–Crippen MR) is 96.3 cm³/mol. The maximum atomic E-state index is 12.9. The number of amides is 1. The van der Waals surface area contributed by atoms with Crippen molar-refractivity contribution in [3.05, 3.63) is 42.2 Å². The summed E-state index contributed by atoms with van der Waals surface area (Å²) >= 11 is 0. The molecule has 1 fully saturated rings. The van der Waals surface area contributed by atoms with Gasteiger partial charge in [0.25, 0.3) is 5.91 Å². The maximum Gasteiger partial charge on any atom is 0.254 e. The molecule has 7 nitrogen and oxygen atoms in total. The van der Waals surface area contributed by atoms with Crippen LogP contribution in [0.15, 0.2) is 36.7 Å². The first-order valence-electron chi connectivity index (χ1n) is 8.68. The number of pyridine rings is 1. The molecule has 0 bridgehead atoms. The monoisotopic (exact) mass is 355 g/mol. The van der Waals surface area contributed by atoms with Gasteiger partial charge in [-0.05, 0) is 24.3 Å². The van der Waals surface area contributed by atoms with E-state index in [2.05, 4.69) is 9.88 Å². The van der Waals surface area contributed by atoms with E-state index >= 15 is 0 Å². The van der Waals surface area contributed by atoms with E-state index in [1.165, 1.54) is 0 Å². The highest BCUT2D eigenvalue weighted by atomic mass is 16.6. The van der Waals surface area contributed by atoms with Crippen LogP contribution in [0.2, 0.25) is 0 Å². The van der Waals surface area contributed by atoms with E-state index in [1.54, 1.807) is 31.6 Å². The first-order chi connectivity index (χ1) is 12.8. The molecule has 0 saturated carbocycles. The molecule has 7 heteroatoms. The Kier molecular flexibility index (Phi) is 4.51. The molecule has 136 valence electrons. The second-order valence-corrected chi connectivity index (χ2v) is 6.19. The molecule has 2 aromatic rings. The minimum atomic E-state index is -0.0188. The van der Waals surface area contributed by atoms with Gasteiger partial charge in [-0.2, -0.15) is 0 Å². The SMILES string of the molecule is COc1cc(C(=O)N2CCN(c3ccncc3)CC2)cc2c1OCCO2. The fourth-order valence-electron chi connectivity index (χ4n) is 3.30. The molecule has 2 aliphatic rings. The molecule has 0 spiro atoms. The highest BCUT2D eigenvalue weighted by Crippen LogP contribution is 2.40. The lowest BCUT2D eigenvalue weighted by Gasteiger charge is -2.36. The van der Waals surface area contributed by atoms with Crippen molar-refractivity contribution in [1.29, 1.82) is 0 Å². The summed E-state index contributed by atoms with van der Waals surface area (Å²) < 4.78 is 16.6. The van der Waals surface area contributed by atoms with Gasteiger partial charge in [-0.15, -0.1) is 0 Å². The molecule has 1 aromatic carbocycles. The van der Waals surface area contributed by atoms with Gasteiger partial charge in [-0.1, -0.05) is 0 Å². The Bertz CT molecular complexity index is 772. The summed E-state index contributed by atoms with van der Waals surface area (Å²) in [5, 5.41) is 0. The zero-order valence-electron chi connectivity index (χ0n) is 14.7. The van der Waals surface area contributed by atoms with Crippen LogP contribution in [0.4, 0.5) is 5.69 Å². The van der Waals surface area contributed by atoms with Crippen molar-refractivity contribution in [2.45, 2.75) is 0 Å². The van der Waals surface area contributed by atoms with Crippen LogP contribution in [0.25, 0.3) is 0 Å². The number of carbonyl (C=O) groups is 1. The van der Waals surface area contributed by atoms with Crippen LogP contribution in [0.1, 0.15) is 10.4 Å². The summed E-state index contributed by atoms with van der Waals surface area (Å²) in [6.45, 7) is 3.86. The largest absolute Gasteiger partial charge is 0.493 e. The van der Waals surface area contributed by atoms with E-state index in [9.17, 15) is 4.79 Å². The number of anilines is 1. The Morgan fingerprint density at radius 3 is 2.54 bits per heavy atom. The number of hydrogen-bond acceptors (Lipinski definition) is 6. The number of nitrogens with zero attached hydrogens (tertiary/aromatic N) is 3. The smallest absolute Gasteiger partial charge is 0.254 e. The quantitative estimate of drug-likeness (QED) is 0.837. The molecule has 0 N–H and O–H groups in total. The molecule has 2 aliphatic heterocycles. The lowest BCUT2D eigenvalue weighted by atomic mass is 10.1. The van der Waals surface area contributed by atoms with Crippen molar-refractivity contribution < 1.29 is 19.0 Å². The fourth-order valence-corrected chi connectivity index (χ4v) is 3.30. The fraction of sp³-hybridized carbons (Fsp3) is 0.368. The zero-order valence-corrected chi connectivity index (χ0v) is 14.7. The number of rotatable bonds is 3. The summed E-state index contributed by atoms with van der Waals surface area (Å²) in [6.07, 6.45) is 3.57. The lowest BCUT2D eigenvalue weighted by molar-refractivity contribution is 0.0745. The van der Waals surface area contributed by atoms with Crippen LogP contribution < -0.4 is 19.1 Å². The van der Waals surface area contributed by atoms with Crippen LogP contribution in [0, 0.1) is 0 Å². The van der Waals surface area contributed by atoms with Crippen molar-refractivity contribution in [3.63, 3.8) is 0 Å². The van der Waals surface area contributed by atoms with Crippen molar-refractivity contribution >= 4 is 11.6 Å². The second kappa shape index (κ2) is 7.11. The van der Waals surface area contributed by atoms with Gasteiger partial charge in [0.1, 0.15) is 13.2 Å². The molecular formula is C19H21N3O4. The summed E-state index contributed by atoms with van der Waals surface area (Å²) in [4.78, 5) is 21.1. The van der Waals surface area contributed by atoms with Crippen molar-refractivity contribution in [3.8, 4) is 17.2 Å². The van der Waals surface area contributed by atoms with Gasteiger partial charge in [0, 0.05) is 49.8 Å². The number of benzene rings is 1. The topological polar surface area (TPSA) is 64.1 Å². The van der Waals surface area contributed by atoms with Crippen molar-refractivity contribution in [2.24, 2.45) is 0 Å². The minimum absolute atomic E-state index is 0.0188. The second-order valence-electron chi connectivity index (χ2n) is 6.19. The molecule has 4 rings (SSSR count). The normalized spacial score (nSPS) is 16.3. The average Bonchev–Trinajstić information content (AvgIpc) is 2.73. The van der Waals surface area contributed by atoms with E-state index in [0.29, 0.717) is 49.1 Å². The average molecular weight is 355 g/mol. The molecule has 1 saturated heterocycles. The van der Waals surface area contributed by atoms with E-state index in [1.807, 2.05) is 17.0 Å². The van der Waals surface area contributed by atoms with Crippen LogP contribution >= 0.6 is 0 Å². The van der Waals surface area contributed by atoms with Gasteiger partial charge in [0.15, 0.2) is 11.5 Å². The van der Waals surface area contributed by atoms with Crippen LogP contribution in [0.3, 0.4) is 0 Å². The first-order valence-corrected chi connectivity index (χ1v) is 8.68. The Morgan fingerprint density at radius 2 is 1.81 bits per heavy atom. The summed E-state index contributed by atoms with van der Waals surface area (Å²) in [5.41, 5.74) is 1.69. The van der Waals surface area contributed by atoms with Gasteiger partial charge in [-0.3, -0.25) is 9.78 Å². The van der Waals surface area contributed by atoms with E-state index in [4.69, 9.17) is 14.2 Å². The highest BCUT2D eigenvalue weighted by Gasteiger charge is 2.26. The number of hydrogen-bond donors (Lipinski definition) is 0. The summed E-state index contributed by atoms with van der Waals surface area (Å²) in [6, 6.07) is 7.45. The number of aromatic nitrogens is 1. The van der Waals surface area contributed by atoms with Gasteiger partial charge in [0.2, 0.25) is 5.75 Å². The predicted octanol–water partition coefficient (Wildman–Crippen LogP) is 1.82. The summed E-state index contributed by atoms with van der Waals surface area (Å²) in [5.74, 6) is 1.64. The third-order valence-electron chi connectivity index (χ3n) is 4.67. The van der Waals surface area contributed by atoms with Crippen molar-refractivity contribution in [1.82, 2.24) is 9.88 Å². The molecule has 0 radical (unpaired) electrons. The number of piperazine rings is 1. The molecule has 1 aromatic heterocycles. The maximum absolute atomic E-state index is 12.9. The lowest BCUT2D eigenvalue weighted by Crippen LogP contribution is -2.48. The van der Waals surface area contributed by atoms with Gasteiger partial charge < -0.3 is 24.0 Å². The zero-order chi connectivity index (χ0) is 17.9. The molecule has 0 unspecified atom stereocenters. The van der Waals surface area contributed by atoms with Crippen LogP contribution in [-0.2, 0) is 0 Å². The van der Waals surface area contributed by atoms with Gasteiger partial charge in [0.05, 0.1) is 7.11 Å². The molecule has 0 aliphatic carbocycles. The standard InChI is InChI=1S/C19H21N3O4/c1-24-16-12-14(13-17-18(16)26-11-10-25-17)19(23)22-8-6-21(7-9-22)15-2-4-20-5-3-15/h2-5,12-13H,6-11H2,1H3. The Morgan fingerprint density at radius 1 is 1.08 bits per heavy atom. The van der Waals surface area contributed by atoms with Gasteiger partial charge in [-0.25, -0.2) is 0 Å². The molecule has 26 heavy (non-hydrogen) atoms. The number of fused-ring (bicyclic) bond motifs is 1. The molecule has 3 heterocycles. The molecule has 0 atom stereocenters. The Balaban J connectivity index is 1.49. The molecule has 1 amide bonds. The third-order valence-corrected chi connectivity index (χ3v) is 4.67.